The zero-order valence-corrected chi connectivity index (χ0v) is 20.8. The summed E-state index contributed by atoms with van der Waals surface area (Å²) in [7, 11) is 1.55. The SMILES string of the molecule is CC1c2ccc(C(=O)NCc3c(F)cc(F)cc3F)cc2N(Cc2c(F)cccc2OCC(=O)O)C(=O)N1C. The average Bonchev–Trinajstić information content (AvgIpc) is 2.88. The Morgan fingerprint density at radius 1 is 1.00 bits per heavy atom. The summed E-state index contributed by atoms with van der Waals surface area (Å²) in [6.45, 7) is 0.132. The highest BCUT2D eigenvalue weighted by Gasteiger charge is 2.34. The van der Waals surface area contributed by atoms with Gasteiger partial charge in [-0.2, -0.15) is 0 Å². The molecule has 39 heavy (non-hydrogen) atoms. The number of nitrogens with one attached hydrogen (secondary N) is 1. The van der Waals surface area contributed by atoms with Gasteiger partial charge >= 0.3 is 12.0 Å². The van der Waals surface area contributed by atoms with Gasteiger partial charge in [0.05, 0.1) is 18.3 Å². The molecule has 1 aliphatic rings. The van der Waals surface area contributed by atoms with E-state index in [0.717, 1.165) is 6.07 Å². The standard InChI is InChI=1S/C27H23F4N3O5/c1-14-17-7-6-15(26(37)32-11-18-21(30)9-16(28)10-22(18)31)8-23(17)34(27(38)33(14)2)12-19-20(29)4-3-5-24(19)39-13-25(35)36/h3-10,14H,11-13H2,1-2H3,(H,32,37)(H,35,36). The van der Waals surface area contributed by atoms with Crippen molar-refractivity contribution < 1.29 is 41.8 Å². The Hall–Kier alpha value is -4.61. The van der Waals surface area contributed by atoms with Gasteiger partial charge in [-0.05, 0) is 36.8 Å². The van der Waals surface area contributed by atoms with Crippen LogP contribution in [0.4, 0.5) is 28.0 Å². The molecule has 0 aliphatic carbocycles. The fourth-order valence-corrected chi connectivity index (χ4v) is 4.23. The van der Waals surface area contributed by atoms with Gasteiger partial charge in [0, 0.05) is 42.4 Å². The lowest BCUT2D eigenvalue weighted by molar-refractivity contribution is -0.139. The fourth-order valence-electron chi connectivity index (χ4n) is 4.23. The molecule has 3 aromatic rings. The van der Waals surface area contributed by atoms with Crippen molar-refractivity contribution in [3.05, 3.63) is 94.1 Å². The quantitative estimate of drug-likeness (QED) is 0.398. The second-order valence-electron chi connectivity index (χ2n) is 8.86. The Kier molecular flexibility index (Phi) is 7.75. The van der Waals surface area contributed by atoms with Crippen molar-refractivity contribution in [2.24, 2.45) is 0 Å². The molecule has 12 heteroatoms. The molecule has 0 bridgehead atoms. The zero-order valence-electron chi connectivity index (χ0n) is 20.8. The Balaban J connectivity index is 1.66. The van der Waals surface area contributed by atoms with Crippen molar-refractivity contribution >= 4 is 23.6 Å². The fraction of sp³-hybridized carbons (Fsp3) is 0.222. The van der Waals surface area contributed by atoms with Crippen LogP contribution in [-0.2, 0) is 17.9 Å². The van der Waals surface area contributed by atoms with E-state index >= 15 is 0 Å². The van der Waals surface area contributed by atoms with Crippen molar-refractivity contribution in [1.29, 1.82) is 0 Å². The van der Waals surface area contributed by atoms with Gasteiger partial charge in [-0.25, -0.2) is 27.2 Å². The van der Waals surface area contributed by atoms with E-state index in [4.69, 9.17) is 9.84 Å². The molecule has 1 heterocycles. The molecule has 2 N–H and O–H groups in total. The molecule has 0 spiro atoms. The maximum Gasteiger partial charge on any atom is 0.341 e. The molecule has 0 saturated heterocycles. The van der Waals surface area contributed by atoms with E-state index in [2.05, 4.69) is 5.32 Å². The molecular formula is C27H23F4N3O5. The summed E-state index contributed by atoms with van der Waals surface area (Å²) in [5.74, 6) is -6.19. The third kappa shape index (κ3) is 5.64. The van der Waals surface area contributed by atoms with E-state index in [1.165, 1.54) is 34.1 Å². The maximum atomic E-state index is 14.8. The number of carboxylic acid groups (broad SMARTS) is 1. The first-order valence-corrected chi connectivity index (χ1v) is 11.7. The molecule has 0 fully saturated rings. The van der Waals surface area contributed by atoms with Crippen LogP contribution in [-0.4, -0.2) is 41.6 Å². The van der Waals surface area contributed by atoms with Gasteiger partial charge in [-0.3, -0.25) is 9.69 Å². The Morgan fingerprint density at radius 2 is 1.69 bits per heavy atom. The number of carboxylic acids is 1. The van der Waals surface area contributed by atoms with Crippen LogP contribution < -0.4 is 15.0 Å². The lowest BCUT2D eigenvalue weighted by Crippen LogP contribution is -2.46. The molecule has 3 aromatic carbocycles. The first-order valence-electron chi connectivity index (χ1n) is 11.7. The number of carbonyl (C=O) groups excluding carboxylic acids is 2. The number of aliphatic carboxylic acids is 1. The number of hydrogen-bond donors (Lipinski definition) is 2. The van der Waals surface area contributed by atoms with Crippen molar-refractivity contribution in [1.82, 2.24) is 10.2 Å². The lowest BCUT2D eigenvalue weighted by Gasteiger charge is -2.40. The highest BCUT2D eigenvalue weighted by Crippen LogP contribution is 2.38. The zero-order chi connectivity index (χ0) is 28.4. The molecule has 0 radical (unpaired) electrons. The van der Waals surface area contributed by atoms with Crippen LogP contribution in [0.25, 0.3) is 0 Å². The number of fused-ring (bicyclic) bond motifs is 1. The van der Waals surface area contributed by atoms with Gasteiger partial charge < -0.3 is 20.1 Å². The average molecular weight is 545 g/mol. The number of benzene rings is 3. The molecule has 0 aromatic heterocycles. The van der Waals surface area contributed by atoms with E-state index in [9.17, 15) is 31.9 Å². The molecule has 8 nitrogen and oxygen atoms in total. The Bertz CT molecular complexity index is 1440. The number of urea groups is 1. The number of anilines is 1. The summed E-state index contributed by atoms with van der Waals surface area (Å²) < 4.78 is 61.2. The van der Waals surface area contributed by atoms with Crippen molar-refractivity contribution in [2.75, 3.05) is 18.6 Å². The van der Waals surface area contributed by atoms with Crippen LogP contribution in [0.1, 0.15) is 40.0 Å². The first kappa shape index (κ1) is 27.4. The molecule has 4 rings (SSSR count). The Morgan fingerprint density at radius 3 is 2.36 bits per heavy atom. The topological polar surface area (TPSA) is 99.2 Å². The number of amides is 3. The molecule has 0 saturated carbocycles. The summed E-state index contributed by atoms with van der Waals surface area (Å²) in [6, 6.07) is 8.39. The van der Waals surface area contributed by atoms with Crippen LogP contribution in [0.15, 0.2) is 48.5 Å². The van der Waals surface area contributed by atoms with Gasteiger partial charge in [0.1, 0.15) is 29.0 Å². The van der Waals surface area contributed by atoms with E-state index in [1.54, 1.807) is 20.0 Å². The van der Waals surface area contributed by atoms with Crippen LogP contribution in [0, 0.1) is 23.3 Å². The maximum absolute atomic E-state index is 14.8. The smallest absolute Gasteiger partial charge is 0.341 e. The molecular weight excluding hydrogens is 522 g/mol. The predicted octanol–water partition coefficient (Wildman–Crippen LogP) is 4.77. The minimum atomic E-state index is -1.27. The predicted molar refractivity (Wildman–Crippen MR) is 131 cm³/mol. The summed E-state index contributed by atoms with van der Waals surface area (Å²) in [5, 5.41) is 11.3. The minimum Gasteiger partial charge on any atom is -0.481 e. The van der Waals surface area contributed by atoms with Gasteiger partial charge in [0.15, 0.2) is 6.61 Å². The molecule has 1 aliphatic heterocycles. The number of rotatable bonds is 8. The van der Waals surface area contributed by atoms with E-state index in [1.807, 2.05) is 0 Å². The second-order valence-corrected chi connectivity index (χ2v) is 8.86. The number of nitrogens with zero attached hydrogens (tertiary/aromatic N) is 2. The monoisotopic (exact) mass is 545 g/mol. The summed E-state index contributed by atoms with van der Waals surface area (Å²) in [6.07, 6.45) is 0. The molecule has 204 valence electrons. The van der Waals surface area contributed by atoms with Gasteiger partial charge in [0.25, 0.3) is 5.91 Å². The largest absolute Gasteiger partial charge is 0.481 e. The van der Waals surface area contributed by atoms with Gasteiger partial charge in [-0.1, -0.05) is 12.1 Å². The van der Waals surface area contributed by atoms with E-state index < -0.39 is 65.9 Å². The number of carbonyl (C=O) groups is 3. The van der Waals surface area contributed by atoms with Crippen LogP contribution in [0.5, 0.6) is 5.75 Å². The highest BCUT2D eigenvalue weighted by atomic mass is 19.1. The summed E-state index contributed by atoms with van der Waals surface area (Å²) in [4.78, 5) is 39.7. The third-order valence-corrected chi connectivity index (χ3v) is 6.42. The van der Waals surface area contributed by atoms with Crippen molar-refractivity contribution in [2.45, 2.75) is 26.1 Å². The van der Waals surface area contributed by atoms with E-state index in [0.29, 0.717) is 17.7 Å². The van der Waals surface area contributed by atoms with Crippen molar-refractivity contribution in [3.63, 3.8) is 0 Å². The van der Waals surface area contributed by atoms with Crippen LogP contribution >= 0.6 is 0 Å². The van der Waals surface area contributed by atoms with Crippen LogP contribution in [0.2, 0.25) is 0 Å². The summed E-state index contributed by atoms with van der Waals surface area (Å²) >= 11 is 0. The Labute approximate surface area is 220 Å². The molecule has 1 atom stereocenters. The summed E-state index contributed by atoms with van der Waals surface area (Å²) in [5.41, 5.74) is 0.363. The van der Waals surface area contributed by atoms with E-state index in [-0.39, 0.29) is 29.1 Å². The molecule has 1 unspecified atom stereocenters. The van der Waals surface area contributed by atoms with Gasteiger partial charge in [-0.15, -0.1) is 0 Å². The van der Waals surface area contributed by atoms with Crippen LogP contribution in [0.3, 0.4) is 0 Å². The highest BCUT2D eigenvalue weighted by molar-refractivity contribution is 5.99. The first-order chi connectivity index (χ1) is 18.5. The normalized spacial score (nSPS) is 14.7. The number of ether oxygens (including phenoxy) is 1. The lowest BCUT2D eigenvalue weighted by atomic mass is 9.98. The molecule has 3 amide bonds. The van der Waals surface area contributed by atoms with Gasteiger partial charge in [0.2, 0.25) is 0 Å². The minimum absolute atomic E-state index is 0.0436. The third-order valence-electron chi connectivity index (χ3n) is 6.42. The van der Waals surface area contributed by atoms with Crippen molar-refractivity contribution in [3.8, 4) is 5.75 Å². The number of halogens is 4. The number of hydrogen-bond acceptors (Lipinski definition) is 4. The second kappa shape index (κ2) is 11.0.